The monoisotopic (exact) mass is 399 g/mol. The Hall–Kier alpha value is -3.09. The molecule has 0 aliphatic rings. The second-order valence-corrected chi connectivity index (χ2v) is 7.69. The molecule has 2 aromatic rings. The molecule has 0 aliphatic carbocycles. The Bertz CT molecular complexity index is 853. The summed E-state index contributed by atoms with van der Waals surface area (Å²) in [5, 5.41) is 10.3. The molecule has 3 amide bonds. The number of amides is 3. The highest BCUT2D eigenvalue weighted by molar-refractivity contribution is 5.86. The lowest BCUT2D eigenvalue weighted by Crippen LogP contribution is -2.36. The first-order chi connectivity index (χ1) is 13.7. The van der Waals surface area contributed by atoms with Crippen molar-refractivity contribution in [2.24, 2.45) is 0 Å². The van der Waals surface area contributed by atoms with Crippen molar-refractivity contribution in [1.82, 2.24) is 16.0 Å². The van der Waals surface area contributed by atoms with Gasteiger partial charge in [0.15, 0.2) is 0 Å². The molecule has 0 atom stereocenters. The van der Waals surface area contributed by atoms with Crippen molar-refractivity contribution in [2.75, 3.05) is 13.1 Å². The summed E-state index contributed by atoms with van der Waals surface area (Å²) in [5.74, 6) is -0.368. The molecule has 0 aliphatic heterocycles. The van der Waals surface area contributed by atoms with Crippen LogP contribution in [0.5, 0.6) is 0 Å². The highest BCUT2D eigenvalue weighted by atomic mass is 16.6. The second kappa shape index (κ2) is 10.5. The Morgan fingerprint density at radius 1 is 0.828 bits per heavy atom. The summed E-state index contributed by atoms with van der Waals surface area (Å²) in [6, 6.07) is 14.0. The zero-order chi connectivity index (χ0) is 21.3. The summed E-state index contributed by atoms with van der Waals surface area (Å²) in [5.41, 5.74) is 0.472. The second-order valence-electron chi connectivity index (χ2n) is 7.69. The summed E-state index contributed by atoms with van der Waals surface area (Å²) in [6.07, 6.45) is -0.245. The van der Waals surface area contributed by atoms with E-state index in [4.69, 9.17) is 4.74 Å². The number of nitrogens with one attached hydrogen (secondary N) is 3. The van der Waals surface area contributed by atoms with Gasteiger partial charge in [-0.25, -0.2) is 4.79 Å². The standard InChI is InChI=1S/C22H29N3O4/c1-22(2,3)29-21(28)24-14-12-19(26)23-13-11-20(27)25-15-17-9-6-8-16-7-4-5-10-18(16)17/h4-10H,11-15H2,1-3H3,(H,23,26)(H,24,28)(H,25,27). The maximum atomic E-state index is 12.0. The van der Waals surface area contributed by atoms with E-state index in [2.05, 4.69) is 16.0 Å². The van der Waals surface area contributed by atoms with Crippen molar-refractivity contribution in [2.45, 2.75) is 45.8 Å². The predicted molar refractivity (Wildman–Crippen MR) is 112 cm³/mol. The number of benzene rings is 2. The third-order valence-electron chi connectivity index (χ3n) is 4.05. The van der Waals surface area contributed by atoms with Crippen molar-refractivity contribution in [1.29, 1.82) is 0 Å². The molecule has 3 N–H and O–H groups in total. The van der Waals surface area contributed by atoms with Crippen LogP contribution in [-0.4, -0.2) is 36.6 Å². The van der Waals surface area contributed by atoms with Crippen LogP contribution in [0.3, 0.4) is 0 Å². The third kappa shape index (κ3) is 8.21. The first kappa shape index (κ1) is 22.2. The van der Waals surface area contributed by atoms with Gasteiger partial charge in [0.05, 0.1) is 0 Å². The van der Waals surface area contributed by atoms with E-state index >= 15 is 0 Å². The molecule has 0 saturated carbocycles. The highest BCUT2D eigenvalue weighted by Gasteiger charge is 2.15. The maximum Gasteiger partial charge on any atom is 0.407 e. The topological polar surface area (TPSA) is 96.5 Å². The van der Waals surface area contributed by atoms with Gasteiger partial charge in [-0.2, -0.15) is 0 Å². The fraction of sp³-hybridized carbons (Fsp3) is 0.409. The number of alkyl carbamates (subject to hydrolysis) is 1. The van der Waals surface area contributed by atoms with E-state index in [0.717, 1.165) is 16.3 Å². The van der Waals surface area contributed by atoms with Gasteiger partial charge in [-0.15, -0.1) is 0 Å². The van der Waals surface area contributed by atoms with E-state index < -0.39 is 11.7 Å². The van der Waals surface area contributed by atoms with Crippen LogP contribution in [0, 0.1) is 0 Å². The summed E-state index contributed by atoms with van der Waals surface area (Å²) in [6.45, 7) is 6.16. The Morgan fingerprint density at radius 2 is 1.45 bits per heavy atom. The third-order valence-corrected chi connectivity index (χ3v) is 4.05. The molecule has 156 valence electrons. The van der Waals surface area contributed by atoms with Gasteiger partial charge in [-0.1, -0.05) is 42.5 Å². The minimum absolute atomic E-state index is 0.122. The Morgan fingerprint density at radius 3 is 2.17 bits per heavy atom. The van der Waals surface area contributed by atoms with E-state index in [1.54, 1.807) is 20.8 Å². The molecule has 0 radical (unpaired) electrons. The molecule has 0 saturated heterocycles. The Labute approximate surface area is 171 Å². The SMILES string of the molecule is CC(C)(C)OC(=O)NCCC(=O)NCCC(=O)NCc1cccc2ccccc12. The predicted octanol–water partition coefficient (Wildman–Crippen LogP) is 2.88. The van der Waals surface area contributed by atoms with Gasteiger partial charge < -0.3 is 20.7 Å². The highest BCUT2D eigenvalue weighted by Crippen LogP contribution is 2.18. The van der Waals surface area contributed by atoms with Gasteiger partial charge in [0.2, 0.25) is 11.8 Å². The van der Waals surface area contributed by atoms with E-state index in [1.165, 1.54) is 0 Å². The summed E-state index contributed by atoms with van der Waals surface area (Å²) < 4.78 is 5.09. The average molecular weight is 399 g/mol. The quantitative estimate of drug-likeness (QED) is 0.636. The number of hydrogen-bond acceptors (Lipinski definition) is 4. The van der Waals surface area contributed by atoms with Crippen LogP contribution in [0.4, 0.5) is 4.79 Å². The molecule has 7 nitrogen and oxygen atoms in total. The number of carbonyl (C=O) groups is 3. The lowest BCUT2D eigenvalue weighted by atomic mass is 10.0. The number of carbonyl (C=O) groups excluding carboxylic acids is 3. The maximum absolute atomic E-state index is 12.0. The van der Waals surface area contributed by atoms with Crippen LogP contribution in [0.15, 0.2) is 42.5 Å². The molecule has 0 spiro atoms. The van der Waals surface area contributed by atoms with Gasteiger partial charge in [-0.05, 0) is 37.1 Å². The fourth-order valence-electron chi connectivity index (χ4n) is 2.72. The Kier molecular flexibility index (Phi) is 8.00. The van der Waals surface area contributed by atoms with Crippen LogP contribution in [0.2, 0.25) is 0 Å². The summed E-state index contributed by atoms with van der Waals surface area (Å²) in [7, 11) is 0. The van der Waals surface area contributed by atoms with Gasteiger partial charge in [0, 0.05) is 32.5 Å². The fourth-order valence-corrected chi connectivity index (χ4v) is 2.72. The molecule has 7 heteroatoms. The summed E-state index contributed by atoms with van der Waals surface area (Å²) >= 11 is 0. The molecule has 0 fully saturated rings. The molecule has 0 aromatic heterocycles. The first-order valence-electron chi connectivity index (χ1n) is 9.71. The molecular weight excluding hydrogens is 370 g/mol. The van der Waals surface area contributed by atoms with Gasteiger partial charge in [0.1, 0.15) is 5.60 Å². The normalized spacial score (nSPS) is 11.0. The smallest absolute Gasteiger partial charge is 0.407 e. The van der Waals surface area contributed by atoms with Gasteiger partial charge >= 0.3 is 6.09 Å². The van der Waals surface area contributed by atoms with Crippen molar-refractivity contribution in [3.63, 3.8) is 0 Å². The van der Waals surface area contributed by atoms with Gasteiger partial charge in [0.25, 0.3) is 0 Å². The van der Waals surface area contributed by atoms with Crippen LogP contribution in [-0.2, 0) is 20.9 Å². The van der Waals surface area contributed by atoms with Crippen LogP contribution >= 0.6 is 0 Å². The minimum atomic E-state index is -0.578. The molecule has 29 heavy (non-hydrogen) atoms. The van der Waals surface area contributed by atoms with Crippen LogP contribution in [0.25, 0.3) is 10.8 Å². The number of hydrogen-bond donors (Lipinski definition) is 3. The molecule has 2 aromatic carbocycles. The van der Waals surface area contributed by atoms with Crippen molar-refractivity contribution < 1.29 is 19.1 Å². The van der Waals surface area contributed by atoms with E-state index in [1.807, 2.05) is 42.5 Å². The average Bonchev–Trinajstić information content (AvgIpc) is 2.65. The van der Waals surface area contributed by atoms with E-state index in [-0.39, 0.29) is 37.7 Å². The number of rotatable bonds is 8. The minimum Gasteiger partial charge on any atom is -0.444 e. The lowest BCUT2D eigenvalue weighted by Gasteiger charge is -2.19. The number of fused-ring (bicyclic) bond motifs is 1. The Balaban J connectivity index is 1.63. The number of ether oxygens (including phenoxy) is 1. The zero-order valence-electron chi connectivity index (χ0n) is 17.2. The molecule has 0 heterocycles. The van der Waals surface area contributed by atoms with Gasteiger partial charge in [-0.3, -0.25) is 9.59 Å². The molecular formula is C22H29N3O4. The largest absolute Gasteiger partial charge is 0.444 e. The van der Waals surface area contributed by atoms with Crippen LogP contribution in [0.1, 0.15) is 39.2 Å². The van der Waals surface area contributed by atoms with Crippen molar-refractivity contribution in [3.8, 4) is 0 Å². The van der Waals surface area contributed by atoms with Crippen molar-refractivity contribution >= 4 is 28.7 Å². The zero-order valence-corrected chi connectivity index (χ0v) is 17.2. The van der Waals surface area contributed by atoms with Crippen LogP contribution < -0.4 is 16.0 Å². The first-order valence-corrected chi connectivity index (χ1v) is 9.71. The lowest BCUT2D eigenvalue weighted by molar-refractivity contribution is -0.122. The van der Waals surface area contributed by atoms with E-state index in [9.17, 15) is 14.4 Å². The molecule has 0 bridgehead atoms. The molecule has 2 rings (SSSR count). The van der Waals surface area contributed by atoms with Crippen molar-refractivity contribution in [3.05, 3.63) is 48.0 Å². The molecule has 0 unspecified atom stereocenters. The summed E-state index contributed by atoms with van der Waals surface area (Å²) in [4.78, 5) is 35.3. The van der Waals surface area contributed by atoms with E-state index in [0.29, 0.717) is 6.54 Å².